The van der Waals surface area contributed by atoms with Gasteiger partial charge in [-0.05, 0) is 56.5 Å². The van der Waals surface area contributed by atoms with Gasteiger partial charge in [-0.2, -0.15) is 0 Å². The minimum absolute atomic E-state index is 0. The fraction of sp³-hybridized carbons (Fsp3) is 0.438. The number of anilines is 1. The SMILES string of the molecule is Cl.O=C(CCC1CCNCC1)Nc1ccc(Sc2nncs2)c(Cl)c1. The number of rotatable bonds is 6. The summed E-state index contributed by atoms with van der Waals surface area (Å²) in [5.41, 5.74) is 2.42. The Kier molecular flexibility index (Phi) is 8.45. The van der Waals surface area contributed by atoms with Gasteiger partial charge in [-0.1, -0.05) is 34.7 Å². The molecule has 1 amide bonds. The summed E-state index contributed by atoms with van der Waals surface area (Å²) in [5, 5.41) is 14.7. The highest BCUT2D eigenvalue weighted by molar-refractivity contribution is 8.01. The number of hydrogen-bond acceptors (Lipinski definition) is 6. The molecule has 1 fully saturated rings. The Morgan fingerprint density at radius 1 is 1.40 bits per heavy atom. The van der Waals surface area contributed by atoms with E-state index in [1.165, 1.54) is 23.1 Å². The van der Waals surface area contributed by atoms with Crippen molar-refractivity contribution in [2.75, 3.05) is 18.4 Å². The highest BCUT2D eigenvalue weighted by Gasteiger charge is 2.15. The van der Waals surface area contributed by atoms with Crippen LogP contribution in [0.4, 0.5) is 5.69 Å². The molecule has 0 bridgehead atoms. The quantitative estimate of drug-likeness (QED) is 0.723. The monoisotopic (exact) mass is 418 g/mol. The molecule has 136 valence electrons. The van der Waals surface area contributed by atoms with Crippen molar-refractivity contribution in [2.24, 2.45) is 5.92 Å². The van der Waals surface area contributed by atoms with Crippen molar-refractivity contribution in [1.82, 2.24) is 15.5 Å². The van der Waals surface area contributed by atoms with Crippen LogP contribution in [0.5, 0.6) is 0 Å². The van der Waals surface area contributed by atoms with Gasteiger partial charge in [0.2, 0.25) is 5.91 Å². The predicted molar refractivity (Wildman–Crippen MR) is 106 cm³/mol. The topological polar surface area (TPSA) is 66.9 Å². The molecular weight excluding hydrogens is 399 g/mol. The largest absolute Gasteiger partial charge is 0.326 e. The summed E-state index contributed by atoms with van der Waals surface area (Å²) in [6.07, 6.45) is 3.84. The average Bonchev–Trinajstić information content (AvgIpc) is 3.10. The second kappa shape index (κ2) is 10.3. The van der Waals surface area contributed by atoms with E-state index in [2.05, 4.69) is 20.8 Å². The lowest BCUT2D eigenvalue weighted by Gasteiger charge is -2.22. The fourth-order valence-electron chi connectivity index (χ4n) is 2.69. The molecule has 0 radical (unpaired) electrons. The number of carbonyl (C=O) groups excluding carboxylic acids is 1. The summed E-state index contributed by atoms with van der Waals surface area (Å²) >= 11 is 9.25. The minimum atomic E-state index is 0. The lowest BCUT2D eigenvalue weighted by molar-refractivity contribution is -0.116. The third-order valence-electron chi connectivity index (χ3n) is 3.99. The molecule has 1 aromatic heterocycles. The Balaban J connectivity index is 0.00000225. The molecule has 1 saturated heterocycles. The van der Waals surface area contributed by atoms with Crippen LogP contribution in [0.15, 0.2) is 32.9 Å². The first-order valence-corrected chi connectivity index (χ1v) is 10.0. The van der Waals surface area contributed by atoms with Crippen LogP contribution in [0.2, 0.25) is 5.02 Å². The summed E-state index contributed by atoms with van der Waals surface area (Å²) < 4.78 is 0.843. The van der Waals surface area contributed by atoms with E-state index in [0.29, 0.717) is 17.4 Å². The number of aromatic nitrogens is 2. The molecule has 3 rings (SSSR count). The van der Waals surface area contributed by atoms with Crippen LogP contribution in [0, 0.1) is 5.92 Å². The Labute approximate surface area is 166 Å². The van der Waals surface area contributed by atoms with E-state index in [4.69, 9.17) is 11.6 Å². The van der Waals surface area contributed by atoms with Crippen LogP contribution >= 0.6 is 47.1 Å². The van der Waals surface area contributed by atoms with Crippen LogP contribution in [-0.4, -0.2) is 29.2 Å². The highest BCUT2D eigenvalue weighted by Crippen LogP contribution is 2.35. The number of nitrogens with zero attached hydrogens (tertiary/aromatic N) is 2. The Bertz CT molecular complexity index is 679. The van der Waals surface area contributed by atoms with Crippen molar-refractivity contribution in [2.45, 2.75) is 34.9 Å². The molecule has 2 aromatic rings. The van der Waals surface area contributed by atoms with E-state index < -0.39 is 0 Å². The van der Waals surface area contributed by atoms with E-state index in [0.717, 1.165) is 47.3 Å². The van der Waals surface area contributed by atoms with Crippen LogP contribution in [-0.2, 0) is 4.79 Å². The van der Waals surface area contributed by atoms with Gasteiger partial charge in [0.15, 0.2) is 4.34 Å². The third kappa shape index (κ3) is 6.42. The normalized spacial score (nSPS) is 14.8. The lowest BCUT2D eigenvalue weighted by Crippen LogP contribution is -2.28. The molecule has 1 aromatic carbocycles. The number of hydrogen-bond donors (Lipinski definition) is 2. The minimum Gasteiger partial charge on any atom is -0.326 e. The van der Waals surface area contributed by atoms with E-state index in [1.807, 2.05) is 12.1 Å². The number of piperidine rings is 1. The molecule has 9 heteroatoms. The second-order valence-electron chi connectivity index (χ2n) is 5.73. The van der Waals surface area contributed by atoms with Crippen molar-refractivity contribution in [3.63, 3.8) is 0 Å². The second-order valence-corrected chi connectivity index (χ2v) is 8.26. The first-order chi connectivity index (χ1) is 11.7. The number of carbonyl (C=O) groups is 1. The van der Waals surface area contributed by atoms with Crippen molar-refractivity contribution in [3.8, 4) is 0 Å². The zero-order valence-electron chi connectivity index (χ0n) is 13.5. The number of amides is 1. The van der Waals surface area contributed by atoms with Gasteiger partial charge in [0.25, 0.3) is 0 Å². The molecule has 2 heterocycles. The maximum absolute atomic E-state index is 12.1. The van der Waals surface area contributed by atoms with Crippen LogP contribution in [0.3, 0.4) is 0 Å². The Morgan fingerprint density at radius 2 is 2.20 bits per heavy atom. The first kappa shape index (κ1) is 20.5. The third-order valence-corrected chi connectivity index (χ3v) is 6.27. The predicted octanol–water partition coefficient (Wildman–Crippen LogP) is 4.48. The molecule has 0 aliphatic carbocycles. The van der Waals surface area contributed by atoms with E-state index in [-0.39, 0.29) is 18.3 Å². The Morgan fingerprint density at radius 3 is 2.88 bits per heavy atom. The van der Waals surface area contributed by atoms with Gasteiger partial charge in [0.1, 0.15) is 5.51 Å². The molecule has 1 aliphatic heterocycles. The van der Waals surface area contributed by atoms with Crippen LogP contribution in [0.25, 0.3) is 0 Å². The number of nitrogens with one attached hydrogen (secondary N) is 2. The van der Waals surface area contributed by atoms with Gasteiger partial charge in [-0.15, -0.1) is 22.6 Å². The molecule has 0 atom stereocenters. The highest BCUT2D eigenvalue weighted by atomic mass is 35.5. The van der Waals surface area contributed by atoms with Crippen molar-refractivity contribution < 1.29 is 4.79 Å². The maximum Gasteiger partial charge on any atom is 0.224 e. The standard InChI is InChI=1S/C16H19ClN4OS2.ClH/c17-13-9-12(2-3-14(13)24-16-21-19-10-23-16)20-15(22)4-1-11-5-7-18-8-6-11;/h2-3,9-11,18H,1,4-8H2,(H,20,22);1H. The summed E-state index contributed by atoms with van der Waals surface area (Å²) in [6.45, 7) is 2.13. The zero-order chi connectivity index (χ0) is 16.8. The number of benzene rings is 1. The van der Waals surface area contributed by atoms with E-state index in [1.54, 1.807) is 11.6 Å². The van der Waals surface area contributed by atoms with Gasteiger partial charge in [0.05, 0.1) is 5.02 Å². The zero-order valence-corrected chi connectivity index (χ0v) is 16.7. The molecule has 2 N–H and O–H groups in total. The van der Waals surface area contributed by atoms with Gasteiger partial charge < -0.3 is 10.6 Å². The maximum atomic E-state index is 12.1. The van der Waals surface area contributed by atoms with Crippen molar-refractivity contribution in [1.29, 1.82) is 0 Å². The molecule has 25 heavy (non-hydrogen) atoms. The summed E-state index contributed by atoms with van der Waals surface area (Å²) in [6, 6.07) is 5.56. The molecule has 0 saturated carbocycles. The van der Waals surface area contributed by atoms with Crippen LogP contribution in [0.1, 0.15) is 25.7 Å². The first-order valence-electron chi connectivity index (χ1n) is 7.95. The molecule has 5 nitrogen and oxygen atoms in total. The van der Waals surface area contributed by atoms with Gasteiger partial charge >= 0.3 is 0 Å². The van der Waals surface area contributed by atoms with E-state index >= 15 is 0 Å². The average molecular weight is 419 g/mol. The molecule has 1 aliphatic rings. The summed E-state index contributed by atoms with van der Waals surface area (Å²) in [7, 11) is 0. The van der Waals surface area contributed by atoms with Gasteiger partial charge in [0, 0.05) is 17.0 Å². The summed E-state index contributed by atoms with van der Waals surface area (Å²) in [5.74, 6) is 0.709. The fourth-order valence-corrected chi connectivity index (χ4v) is 4.43. The molecule has 0 unspecified atom stereocenters. The van der Waals surface area contributed by atoms with Gasteiger partial charge in [-0.25, -0.2) is 0 Å². The van der Waals surface area contributed by atoms with E-state index in [9.17, 15) is 4.79 Å². The molecular formula is C16H20Cl2N4OS2. The van der Waals surface area contributed by atoms with Crippen molar-refractivity contribution >= 4 is 58.7 Å². The van der Waals surface area contributed by atoms with Crippen LogP contribution < -0.4 is 10.6 Å². The smallest absolute Gasteiger partial charge is 0.224 e. The summed E-state index contributed by atoms with van der Waals surface area (Å²) in [4.78, 5) is 13.0. The molecule has 0 spiro atoms. The lowest BCUT2D eigenvalue weighted by atomic mass is 9.93. The van der Waals surface area contributed by atoms with Gasteiger partial charge in [-0.3, -0.25) is 4.79 Å². The Hall–Kier alpha value is -0.860. The van der Waals surface area contributed by atoms with Crippen molar-refractivity contribution in [3.05, 3.63) is 28.7 Å². The number of halogens is 2.